The van der Waals surface area contributed by atoms with E-state index < -0.39 is 52.6 Å². The Morgan fingerprint density at radius 1 is 1.03 bits per heavy atom. The third-order valence-corrected chi connectivity index (χ3v) is 6.86. The average Bonchev–Trinajstić information content (AvgIpc) is 3.06. The lowest BCUT2D eigenvalue weighted by Crippen LogP contribution is -2.47. The van der Waals surface area contributed by atoms with Crippen molar-refractivity contribution in [2.45, 2.75) is 39.0 Å². The molecule has 0 aliphatic carbocycles. The molecular weight excluding hydrogens is 476 g/mol. The number of ether oxygens (including phenoxy) is 1. The summed E-state index contributed by atoms with van der Waals surface area (Å²) in [5, 5.41) is 0. The zero-order valence-electron chi connectivity index (χ0n) is 19.0. The van der Waals surface area contributed by atoms with E-state index in [1.54, 1.807) is 0 Å². The molecular formula is C25H23F6NO3. The van der Waals surface area contributed by atoms with Gasteiger partial charge < -0.3 is 9.64 Å². The van der Waals surface area contributed by atoms with Crippen LogP contribution in [0.2, 0.25) is 0 Å². The van der Waals surface area contributed by atoms with Crippen molar-refractivity contribution in [3.63, 3.8) is 0 Å². The number of fused-ring (bicyclic) bond motifs is 1. The molecule has 2 aromatic carbocycles. The highest BCUT2D eigenvalue weighted by atomic mass is 19.4. The number of benzene rings is 2. The number of para-hydroxylation sites is 1. The third kappa shape index (κ3) is 4.55. The van der Waals surface area contributed by atoms with Gasteiger partial charge in [-0.3, -0.25) is 9.59 Å². The van der Waals surface area contributed by atoms with Crippen molar-refractivity contribution in [3.8, 4) is 0 Å². The Hall–Kier alpha value is -2.88. The summed E-state index contributed by atoms with van der Waals surface area (Å²) in [6.07, 6.45) is -10.5. The number of halogens is 6. The summed E-state index contributed by atoms with van der Waals surface area (Å²) in [5.74, 6) is -1.67. The zero-order chi connectivity index (χ0) is 25.8. The van der Waals surface area contributed by atoms with Gasteiger partial charge in [-0.05, 0) is 55.2 Å². The summed E-state index contributed by atoms with van der Waals surface area (Å²) in [4.78, 5) is 28.5. The van der Waals surface area contributed by atoms with Crippen LogP contribution in [0.15, 0.2) is 36.4 Å². The fourth-order valence-electron chi connectivity index (χ4n) is 5.16. The summed E-state index contributed by atoms with van der Waals surface area (Å²) in [6.45, 7) is 3.70. The first-order valence-corrected chi connectivity index (χ1v) is 11.0. The number of hydrogen-bond donors (Lipinski definition) is 0. The minimum absolute atomic E-state index is 0.0283. The fourth-order valence-corrected chi connectivity index (χ4v) is 5.16. The van der Waals surface area contributed by atoms with E-state index in [1.807, 2.05) is 32.0 Å². The van der Waals surface area contributed by atoms with Crippen LogP contribution in [0.25, 0.3) is 0 Å². The molecule has 0 saturated carbocycles. The van der Waals surface area contributed by atoms with Gasteiger partial charge in [-0.2, -0.15) is 26.3 Å². The molecule has 0 N–H and O–H groups in total. The smallest absolute Gasteiger partial charge is 0.380 e. The lowest BCUT2D eigenvalue weighted by Gasteiger charge is -2.35. The van der Waals surface area contributed by atoms with Crippen molar-refractivity contribution in [1.29, 1.82) is 0 Å². The van der Waals surface area contributed by atoms with Crippen LogP contribution in [0.4, 0.5) is 32.0 Å². The number of nitrogens with zero attached hydrogens (tertiary/aromatic N) is 1. The topological polar surface area (TPSA) is 46.6 Å². The van der Waals surface area contributed by atoms with Crippen LogP contribution in [0.3, 0.4) is 0 Å². The van der Waals surface area contributed by atoms with E-state index in [4.69, 9.17) is 4.74 Å². The van der Waals surface area contributed by atoms with Crippen LogP contribution in [-0.4, -0.2) is 31.4 Å². The van der Waals surface area contributed by atoms with E-state index in [2.05, 4.69) is 0 Å². The highest BCUT2D eigenvalue weighted by Gasteiger charge is 2.58. The molecule has 2 saturated heterocycles. The van der Waals surface area contributed by atoms with Gasteiger partial charge >= 0.3 is 12.4 Å². The molecule has 35 heavy (non-hydrogen) atoms. The first-order valence-electron chi connectivity index (χ1n) is 11.0. The largest absolute Gasteiger partial charge is 0.416 e. The second kappa shape index (κ2) is 8.65. The number of alkyl halides is 6. The normalized spacial score (nSPS) is 22.9. The van der Waals surface area contributed by atoms with Gasteiger partial charge in [0.05, 0.1) is 29.1 Å². The number of carbonyl (C=O) groups excluding carboxylic acids is 2. The van der Waals surface area contributed by atoms with Crippen molar-refractivity contribution >= 4 is 17.4 Å². The maximum Gasteiger partial charge on any atom is 0.416 e. The van der Waals surface area contributed by atoms with Crippen LogP contribution in [-0.2, 0) is 33.1 Å². The van der Waals surface area contributed by atoms with Crippen molar-refractivity contribution < 1.29 is 40.7 Å². The Balaban J connectivity index is 1.72. The standard InChI is InChI=1S/C25H23F6NO3/c1-14-4-3-5-15(2)21(14)32-12-23(13-35-7-6-19(23)22(32)34)20(33)10-16-8-17(24(26,27)28)11-18(9-16)25(29,30)31/h3-5,8-9,11,19H,6-7,10,12-13H2,1-2H3. The Kier molecular flexibility index (Phi) is 6.24. The predicted molar refractivity (Wildman–Crippen MR) is 115 cm³/mol. The van der Waals surface area contributed by atoms with Crippen LogP contribution in [0.5, 0.6) is 0 Å². The van der Waals surface area contributed by atoms with Crippen molar-refractivity contribution in [1.82, 2.24) is 0 Å². The van der Waals surface area contributed by atoms with E-state index in [-0.39, 0.29) is 38.2 Å². The fraction of sp³-hybridized carbons (Fsp3) is 0.440. The maximum atomic E-state index is 13.6. The molecule has 4 rings (SSSR count). The van der Waals surface area contributed by atoms with Gasteiger partial charge in [0.25, 0.3) is 0 Å². The molecule has 2 aromatic rings. The molecule has 2 aliphatic rings. The van der Waals surface area contributed by atoms with Crippen molar-refractivity contribution in [2.24, 2.45) is 11.3 Å². The predicted octanol–water partition coefficient (Wildman–Crippen LogP) is 5.52. The minimum atomic E-state index is -5.02. The molecule has 2 atom stereocenters. The summed E-state index contributed by atoms with van der Waals surface area (Å²) >= 11 is 0. The van der Waals surface area contributed by atoms with Crippen molar-refractivity contribution in [2.75, 3.05) is 24.7 Å². The molecule has 188 valence electrons. The zero-order valence-corrected chi connectivity index (χ0v) is 19.0. The minimum Gasteiger partial charge on any atom is -0.380 e. The maximum absolute atomic E-state index is 13.6. The third-order valence-electron chi connectivity index (χ3n) is 6.86. The lowest BCUT2D eigenvalue weighted by molar-refractivity contribution is -0.145. The molecule has 2 aliphatic heterocycles. The van der Waals surface area contributed by atoms with Gasteiger partial charge in [-0.1, -0.05) is 18.2 Å². The van der Waals surface area contributed by atoms with Gasteiger partial charge in [-0.25, -0.2) is 0 Å². The SMILES string of the molecule is Cc1cccc(C)c1N1CC2(C(=O)Cc3cc(C(F)(F)F)cc(C(F)(F)F)c3)COCCC2C1=O. The first kappa shape index (κ1) is 25.2. The molecule has 1 amide bonds. The highest BCUT2D eigenvalue weighted by Crippen LogP contribution is 2.47. The number of rotatable bonds is 4. The number of Topliss-reactive ketones (excluding diaryl/α,β-unsaturated/α-hetero) is 1. The van der Waals surface area contributed by atoms with Gasteiger partial charge in [0.15, 0.2) is 0 Å². The summed E-state index contributed by atoms with van der Waals surface area (Å²) < 4.78 is 85.2. The number of ketones is 1. The summed E-state index contributed by atoms with van der Waals surface area (Å²) in [5.41, 5.74) is -2.46. The number of hydrogen-bond acceptors (Lipinski definition) is 3. The van der Waals surface area contributed by atoms with Gasteiger partial charge in [0, 0.05) is 25.3 Å². The molecule has 2 fully saturated rings. The Morgan fingerprint density at radius 3 is 2.14 bits per heavy atom. The molecule has 2 unspecified atom stereocenters. The molecule has 2 heterocycles. The molecule has 4 nitrogen and oxygen atoms in total. The van der Waals surface area contributed by atoms with E-state index in [1.165, 1.54) is 4.90 Å². The van der Waals surface area contributed by atoms with E-state index in [0.29, 0.717) is 17.8 Å². The second-order valence-electron chi connectivity index (χ2n) is 9.23. The number of aryl methyl sites for hydroxylation is 2. The first-order chi connectivity index (χ1) is 16.2. The Bertz CT molecular complexity index is 1120. The quantitative estimate of drug-likeness (QED) is 0.521. The molecule has 10 heteroatoms. The number of carbonyl (C=O) groups is 2. The Morgan fingerprint density at radius 2 is 1.60 bits per heavy atom. The van der Waals surface area contributed by atoms with Crippen LogP contribution in [0, 0.1) is 25.2 Å². The number of amides is 1. The Labute approximate surface area is 197 Å². The lowest BCUT2D eigenvalue weighted by atomic mass is 9.70. The number of anilines is 1. The van der Waals surface area contributed by atoms with E-state index >= 15 is 0 Å². The van der Waals surface area contributed by atoms with E-state index in [0.717, 1.165) is 11.1 Å². The van der Waals surface area contributed by atoms with Crippen LogP contribution in [0.1, 0.15) is 34.2 Å². The van der Waals surface area contributed by atoms with Crippen LogP contribution >= 0.6 is 0 Å². The molecule has 0 spiro atoms. The van der Waals surface area contributed by atoms with Crippen molar-refractivity contribution in [3.05, 3.63) is 64.2 Å². The van der Waals surface area contributed by atoms with Gasteiger partial charge in [0.2, 0.25) is 5.91 Å². The van der Waals surface area contributed by atoms with Gasteiger partial charge in [0.1, 0.15) is 5.78 Å². The molecule has 0 radical (unpaired) electrons. The highest BCUT2D eigenvalue weighted by molar-refractivity contribution is 6.06. The van der Waals surface area contributed by atoms with Crippen LogP contribution < -0.4 is 4.90 Å². The summed E-state index contributed by atoms with van der Waals surface area (Å²) in [7, 11) is 0. The molecule has 0 aromatic heterocycles. The molecule has 0 bridgehead atoms. The van der Waals surface area contributed by atoms with Gasteiger partial charge in [-0.15, -0.1) is 0 Å². The average molecular weight is 499 g/mol. The monoisotopic (exact) mass is 499 g/mol. The second-order valence-corrected chi connectivity index (χ2v) is 9.23. The summed E-state index contributed by atoms with van der Waals surface area (Å²) in [6, 6.07) is 6.62. The van der Waals surface area contributed by atoms with E-state index in [9.17, 15) is 35.9 Å².